The van der Waals surface area contributed by atoms with Crippen molar-refractivity contribution in [2.75, 3.05) is 45.9 Å². The van der Waals surface area contributed by atoms with Crippen LogP contribution < -0.4 is 0 Å². The molecule has 5 aliphatic rings. The normalized spacial score (nSPS) is 36.3. The van der Waals surface area contributed by atoms with E-state index in [-0.39, 0.29) is 0 Å². The van der Waals surface area contributed by atoms with Gasteiger partial charge in [0.2, 0.25) is 5.91 Å². The minimum Gasteiger partial charge on any atom is -0.381 e. The summed E-state index contributed by atoms with van der Waals surface area (Å²) in [6.07, 6.45) is 10.3. The SMILES string of the molecule is O=C(C1CCC1)N1CC[C@@]2(CN(CC3CC3)C[C@H]2COCC2CC2)C1. The van der Waals surface area contributed by atoms with Crippen LogP contribution in [0.5, 0.6) is 0 Å². The molecular formula is C21H34N2O2. The maximum absolute atomic E-state index is 12.7. The van der Waals surface area contributed by atoms with Gasteiger partial charge in [0.25, 0.3) is 0 Å². The van der Waals surface area contributed by atoms with Crippen molar-refractivity contribution < 1.29 is 9.53 Å². The van der Waals surface area contributed by atoms with Crippen molar-refractivity contribution in [1.82, 2.24) is 9.80 Å². The number of ether oxygens (including phenoxy) is 1. The Morgan fingerprint density at radius 3 is 2.48 bits per heavy atom. The van der Waals surface area contributed by atoms with Gasteiger partial charge in [0.05, 0.1) is 6.61 Å². The highest BCUT2D eigenvalue weighted by atomic mass is 16.5. The first-order valence-corrected chi connectivity index (χ1v) is 10.8. The Hall–Kier alpha value is -0.610. The maximum Gasteiger partial charge on any atom is 0.225 e. The number of carbonyl (C=O) groups is 1. The first-order valence-electron chi connectivity index (χ1n) is 10.8. The standard InChI is InChI=1S/C21H34N2O2/c24-20(18-2-1-3-18)23-9-8-21(15-23)14-22(10-16-4-5-16)11-19(21)13-25-12-17-6-7-17/h16-19H,1-15H2/t19-,21+/m0/s1. The zero-order valence-electron chi connectivity index (χ0n) is 15.6. The maximum atomic E-state index is 12.7. The summed E-state index contributed by atoms with van der Waals surface area (Å²) in [6.45, 7) is 7.58. The highest BCUT2D eigenvalue weighted by molar-refractivity contribution is 5.80. The molecule has 5 fully saturated rings. The second-order valence-electron chi connectivity index (χ2n) is 9.82. The van der Waals surface area contributed by atoms with Crippen LogP contribution in [0.25, 0.3) is 0 Å². The molecule has 0 aromatic heterocycles. The average Bonchev–Trinajstić information content (AvgIpc) is 3.45. The third-order valence-corrected chi connectivity index (χ3v) is 7.62. The molecule has 1 amide bonds. The van der Waals surface area contributed by atoms with Gasteiger partial charge in [0.15, 0.2) is 0 Å². The highest BCUT2D eigenvalue weighted by Gasteiger charge is 2.52. The van der Waals surface area contributed by atoms with Crippen molar-refractivity contribution in [1.29, 1.82) is 0 Å². The molecule has 0 bridgehead atoms. The predicted octanol–water partition coefficient (Wildman–Crippen LogP) is 2.77. The van der Waals surface area contributed by atoms with Gasteiger partial charge in [-0.05, 0) is 56.8 Å². The van der Waals surface area contributed by atoms with E-state index in [2.05, 4.69) is 9.80 Å². The molecule has 0 N–H and O–H groups in total. The number of hydrogen-bond donors (Lipinski definition) is 0. The van der Waals surface area contributed by atoms with E-state index in [0.717, 1.165) is 51.0 Å². The lowest BCUT2D eigenvalue weighted by molar-refractivity contribution is -0.137. The summed E-state index contributed by atoms with van der Waals surface area (Å²) < 4.78 is 6.14. The van der Waals surface area contributed by atoms with Gasteiger partial charge in [0.1, 0.15) is 0 Å². The number of hydrogen-bond acceptors (Lipinski definition) is 3. The minimum absolute atomic E-state index is 0.317. The van der Waals surface area contributed by atoms with Gasteiger partial charge in [-0.3, -0.25) is 4.79 Å². The minimum atomic E-state index is 0.317. The Morgan fingerprint density at radius 1 is 1.00 bits per heavy atom. The van der Waals surface area contributed by atoms with E-state index in [1.165, 1.54) is 58.2 Å². The van der Waals surface area contributed by atoms with E-state index in [1.54, 1.807) is 0 Å². The topological polar surface area (TPSA) is 32.8 Å². The van der Waals surface area contributed by atoms with Gasteiger partial charge >= 0.3 is 0 Å². The van der Waals surface area contributed by atoms with Crippen LogP contribution in [0, 0.1) is 29.1 Å². The third kappa shape index (κ3) is 3.49. The van der Waals surface area contributed by atoms with Crippen LogP contribution in [0.3, 0.4) is 0 Å². The van der Waals surface area contributed by atoms with Crippen LogP contribution in [-0.2, 0) is 9.53 Å². The van der Waals surface area contributed by atoms with Crippen molar-refractivity contribution in [3.8, 4) is 0 Å². The summed E-state index contributed by atoms with van der Waals surface area (Å²) in [5.74, 6) is 3.24. The van der Waals surface area contributed by atoms with E-state index in [4.69, 9.17) is 4.74 Å². The van der Waals surface area contributed by atoms with E-state index < -0.39 is 0 Å². The van der Waals surface area contributed by atoms with E-state index >= 15 is 0 Å². The second-order valence-corrected chi connectivity index (χ2v) is 9.82. The predicted molar refractivity (Wildman–Crippen MR) is 97.2 cm³/mol. The van der Waals surface area contributed by atoms with Crippen molar-refractivity contribution in [3.63, 3.8) is 0 Å². The first kappa shape index (κ1) is 16.6. The fourth-order valence-electron chi connectivity index (χ4n) is 5.30. The lowest BCUT2D eigenvalue weighted by Gasteiger charge is -2.33. The molecule has 3 saturated carbocycles. The lowest BCUT2D eigenvalue weighted by atomic mass is 9.77. The lowest BCUT2D eigenvalue weighted by Crippen LogP contribution is -2.41. The second kappa shape index (κ2) is 6.53. The van der Waals surface area contributed by atoms with E-state index in [1.807, 2.05) is 0 Å². The van der Waals surface area contributed by atoms with E-state index in [0.29, 0.717) is 23.2 Å². The van der Waals surface area contributed by atoms with Gasteiger partial charge < -0.3 is 14.5 Å². The molecule has 1 spiro atoms. The molecular weight excluding hydrogens is 312 g/mol. The number of likely N-dealkylation sites (tertiary alicyclic amines) is 2. The number of amides is 1. The molecule has 0 unspecified atom stereocenters. The summed E-state index contributed by atoms with van der Waals surface area (Å²) in [6, 6.07) is 0. The smallest absolute Gasteiger partial charge is 0.225 e. The molecule has 140 valence electrons. The summed E-state index contributed by atoms with van der Waals surface area (Å²) in [5.41, 5.74) is 0.317. The van der Waals surface area contributed by atoms with Crippen molar-refractivity contribution in [2.45, 2.75) is 51.4 Å². The van der Waals surface area contributed by atoms with Crippen molar-refractivity contribution >= 4 is 5.91 Å². The highest BCUT2D eigenvalue weighted by Crippen LogP contribution is 2.46. The van der Waals surface area contributed by atoms with Crippen LogP contribution in [0.2, 0.25) is 0 Å². The van der Waals surface area contributed by atoms with Crippen LogP contribution in [-0.4, -0.2) is 61.6 Å². The number of rotatable bonds is 7. The molecule has 2 heterocycles. The Kier molecular flexibility index (Phi) is 4.32. The molecule has 4 heteroatoms. The molecule has 3 aliphatic carbocycles. The van der Waals surface area contributed by atoms with Crippen molar-refractivity contribution in [3.05, 3.63) is 0 Å². The van der Waals surface area contributed by atoms with Crippen LogP contribution in [0.1, 0.15) is 51.4 Å². The van der Waals surface area contributed by atoms with Gasteiger partial charge in [-0.15, -0.1) is 0 Å². The Bertz CT molecular complexity index is 512. The fourth-order valence-corrected chi connectivity index (χ4v) is 5.30. The molecule has 25 heavy (non-hydrogen) atoms. The number of carbonyl (C=O) groups excluding carboxylic acids is 1. The van der Waals surface area contributed by atoms with Crippen LogP contribution in [0.15, 0.2) is 0 Å². The van der Waals surface area contributed by atoms with Crippen LogP contribution in [0.4, 0.5) is 0 Å². The van der Waals surface area contributed by atoms with Gasteiger partial charge in [-0.2, -0.15) is 0 Å². The third-order valence-electron chi connectivity index (χ3n) is 7.62. The molecule has 0 aromatic carbocycles. The molecule has 4 nitrogen and oxygen atoms in total. The molecule has 0 aromatic rings. The van der Waals surface area contributed by atoms with Gasteiger partial charge in [-0.25, -0.2) is 0 Å². The van der Waals surface area contributed by atoms with Crippen LogP contribution >= 0.6 is 0 Å². The zero-order valence-corrected chi connectivity index (χ0v) is 15.6. The molecule has 5 rings (SSSR count). The van der Waals surface area contributed by atoms with Gasteiger partial charge in [0, 0.05) is 56.6 Å². The molecule has 2 atom stereocenters. The Labute approximate surface area is 152 Å². The Morgan fingerprint density at radius 2 is 1.80 bits per heavy atom. The summed E-state index contributed by atoms with van der Waals surface area (Å²) in [5, 5.41) is 0. The summed E-state index contributed by atoms with van der Waals surface area (Å²) in [4.78, 5) is 17.7. The van der Waals surface area contributed by atoms with E-state index in [9.17, 15) is 4.79 Å². The summed E-state index contributed by atoms with van der Waals surface area (Å²) in [7, 11) is 0. The quantitative estimate of drug-likeness (QED) is 0.711. The Balaban J connectivity index is 1.23. The molecule has 2 saturated heterocycles. The number of nitrogens with zero attached hydrogens (tertiary/aromatic N) is 2. The van der Waals surface area contributed by atoms with Gasteiger partial charge in [-0.1, -0.05) is 6.42 Å². The molecule has 0 radical (unpaired) electrons. The monoisotopic (exact) mass is 346 g/mol. The van der Waals surface area contributed by atoms with Crippen molar-refractivity contribution in [2.24, 2.45) is 29.1 Å². The molecule has 2 aliphatic heterocycles. The summed E-state index contributed by atoms with van der Waals surface area (Å²) >= 11 is 0. The fraction of sp³-hybridized carbons (Fsp3) is 0.952. The largest absolute Gasteiger partial charge is 0.381 e. The average molecular weight is 347 g/mol. The first-order chi connectivity index (χ1) is 12.2. The zero-order chi connectivity index (χ0) is 16.9.